The van der Waals surface area contributed by atoms with Gasteiger partial charge in [0, 0.05) is 11.0 Å². The fourth-order valence-electron chi connectivity index (χ4n) is 1.88. The van der Waals surface area contributed by atoms with Crippen LogP contribution in [0, 0.1) is 0 Å². The maximum Gasteiger partial charge on any atom is 0.259 e. The summed E-state index contributed by atoms with van der Waals surface area (Å²) in [4.78, 5) is 4.38. The van der Waals surface area contributed by atoms with Crippen molar-refractivity contribution in [2.75, 3.05) is 19.8 Å². The van der Waals surface area contributed by atoms with Gasteiger partial charge in [-0.25, -0.2) is 0 Å². The highest BCUT2D eigenvalue weighted by Crippen LogP contribution is 2.30. The number of hydrogen-bond donors (Lipinski definition) is 1. The van der Waals surface area contributed by atoms with E-state index in [4.69, 9.17) is 20.9 Å². The molecule has 1 aliphatic heterocycles. The lowest BCUT2D eigenvalue weighted by Crippen LogP contribution is -2.35. The molecule has 1 fully saturated rings. The molecule has 0 spiro atoms. The van der Waals surface area contributed by atoms with E-state index in [9.17, 15) is 0 Å². The van der Waals surface area contributed by atoms with Gasteiger partial charge in [0.1, 0.15) is 0 Å². The molecule has 1 unspecified atom stereocenters. The zero-order valence-electron chi connectivity index (χ0n) is 9.90. The molecule has 2 heterocycles. The molecular formula is C12H11BrClN3O2. The van der Waals surface area contributed by atoms with Crippen LogP contribution in [-0.2, 0) is 4.74 Å². The standard InChI is InChI=1S/C12H11BrClN3O2/c13-7-1-2-9(14)8(5-7)12-16-11(17-19-12)10-6-18-4-3-15-10/h1-2,5,10,15H,3-4,6H2. The van der Waals surface area contributed by atoms with Crippen molar-refractivity contribution in [1.82, 2.24) is 15.5 Å². The number of benzene rings is 1. The van der Waals surface area contributed by atoms with Crippen molar-refractivity contribution >= 4 is 27.5 Å². The van der Waals surface area contributed by atoms with Crippen molar-refractivity contribution in [1.29, 1.82) is 0 Å². The average molecular weight is 345 g/mol. The number of nitrogens with one attached hydrogen (secondary N) is 1. The van der Waals surface area contributed by atoms with Crippen molar-refractivity contribution in [3.05, 3.63) is 33.5 Å². The summed E-state index contributed by atoms with van der Waals surface area (Å²) in [6, 6.07) is 5.47. The normalized spacial score (nSPS) is 19.6. The van der Waals surface area contributed by atoms with E-state index in [0.29, 0.717) is 35.5 Å². The highest BCUT2D eigenvalue weighted by molar-refractivity contribution is 9.10. The first-order chi connectivity index (χ1) is 9.24. The van der Waals surface area contributed by atoms with Crippen LogP contribution in [0.5, 0.6) is 0 Å². The molecule has 1 aromatic heterocycles. The monoisotopic (exact) mass is 343 g/mol. The Morgan fingerprint density at radius 1 is 1.42 bits per heavy atom. The van der Waals surface area contributed by atoms with Gasteiger partial charge in [-0.05, 0) is 18.2 Å². The van der Waals surface area contributed by atoms with Gasteiger partial charge in [0.05, 0.1) is 29.8 Å². The Morgan fingerprint density at radius 3 is 3.11 bits per heavy atom. The fraction of sp³-hybridized carbons (Fsp3) is 0.333. The lowest BCUT2D eigenvalue weighted by atomic mass is 10.2. The number of aromatic nitrogens is 2. The van der Waals surface area contributed by atoms with Crippen LogP contribution < -0.4 is 5.32 Å². The molecule has 0 aliphatic carbocycles. The Hall–Kier alpha value is -0.950. The molecule has 5 nitrogen and oxygen atoms in total. The molecule has 1 N–H and O–H groups in total. The molecule has 0 bridgehead atoms. The lowest BCUT2D eigenvalue weighted by molar-refractivity contribution is 0.0734. The van der Waals surface area contributed by atoms with E-state index in [0.717, 1.165) is 11.0 Å². The van der Waals surface area contributed by atoms with Gasteiger partial charge in [-0.3, -0.25) is 0 Å². The van der Waals surface area contributed by atoms with E-state index in [-0.39, 0.29) is 6.04 Å². The zero-order valence-corrected chi connectivity index (χ0v) is 12.2. The number of halogens is 2. The van der Waals surface area contributed by atoms with E-state index in [1.165, 1.54) is 0 Å². The van der Waals surface area contributed by atoms with Crippen molar-refractivity contribution < 1.29 is 9.26 Å². The minimum Gasteiger partial charge on any atom is -0.378 e. The van der Waals surface area contributed by atoms with Crippen LogP contribution in [0.25, 0.3) is 11.5 Å². The summed E-state index contributed by atoms with van der Waals surface area (Å²) >= 11 is 9.53. The Morgan fingerprint density at radius 2 is 2.32 bits per heavy atom. The van der Waals surface area contributed by atoms with Crippen molar-refractivity contribution in [3.63, 3.8) is 0 Å². The second-order valence-electron chi connectivity index (χ2n) is 4.16. The fourth-order valence-corrected chi connectivity index (χ4v) is 2.44. The van der Waals surface area contributed by atoms with Gasteiger partial charge in [-0.2, -0.15) is 4.98 Å². The van der Waals surface area contributed by atoms with Gasteiger partial charge in [0.2, 0.25) is 0 Å². The van der Waals surface area contributed by atoms with Crippen LogP contribution in [-0.4, -0.2) is 29.9 Å². The van der Waals surface area contributed by atoms with Gasteiger partial charge >= 0.3 is 0 Å². The molecule has 3 rings (SSSR count). The Labute approximate surface area is 123 Å². The third kappa shape index (κ3) is 2.81. The van der Waals surface area contributed by atoms with Crippen LogP contribution in [0.2, 0.25) is 5.02 Å². The minimum absolute atomic E-state index is 0.0304. The second kappa shape index (κ2) is 5.58. The summed E-state index contributed by atoms with van der Waals surface area (Å²) < 4.78 is 11.6. The largest absolute Gasteiger partial charge is 0.378 e. The smallest absolute Gasteiger partial charge is 0.259 e. The first kappa shape index (κ1) is 13.1. The van der Waals surface area contributed by atoms with Crippen molar-refractivity contribution in [3.8, 4) is 11.5 Å². The van der Waals surface area contributed by atoms with E-state index in [1.54, 1.807) is 6.07 Å². The van der Waals surface area contributed by atoms with Crippen LogP contribution in [0.15, 0.2) is 27.2 Å². The maximum absolute atomic E-state index is 6.14. The third-order valence-corrected chi connectivity index (χ3v) is 3.66. The van der Waals surface area contributed by atoms with Gasteiger partial charge in [0.15, 0.2) is 5.82 Å². The molecule has 0 radical (unpaired) electrons. The SMILES string of the molecule is Clc1ccc(Br)cc1-c1nc(C2COCCN2)no1. The molecule has 0 amide bonds. The quantitative estimate of drug-likeness (QED) is 0.908. The van der Waals surface area contributed by atoms with Crippen LogP contribution >= 0.6 is 27.5 Å². The summed E-state index contributed by atoms with van der Waals surface area (Å²) in [5, 5.41) is 7.83. The Bertz CT molecular complexity index is 584. The number of ether oxygens (including phenoxy) is 1. The molecule has 100 valence electrons. The Balaban J connectivity index is 1.89. The molecule has 0 saturated carbocycles. The van der Waals surface area contributed by atoms with E-state index < -0.39 is 0 Å². The summed E-state index contributed by atoms with van der Waals surface area (Å²) in [6.07, 6.45) is 0. The topological polar surface area (TPSA) is 60.2 Å². The highest BCUT2D eigenvalue weighted by Gasteiger charge is 2.22. The number of rotatable bonds is 2. The number of hydrogen-bond acceptors (Lipinski definition) is 5. The average Bonchev–Trinajstić information content (AvgIpc) is 2.92. The molecule has 1 saturated heterocycles. The molecule has 19 heavy (non-hydrogen) atoms. The Kier molecular flexibility index (Phi) is 3.83. The lowest BCUT2D eigenvalue weighted by Gasteiger charge is -2.20. The number of nitrogens with zero attached hydrogens (tertiary/aromatic N) is 2. The molecule has 1 aromatic carbocycles. The van der Waals surface area contributed by atoms with Crippen LogP contribution in [0.3, 0.4) is 0 Å². The van der Waals surface area contributed by atoms with Gasteiger partial charge < -0.3 is 14.6 Å². The summed E-state index contributed by atoms with van der Waals surface area (Å²) in [6.45, 7) is 2.04. The minimum atomic E-state index is -0.0304. The first-order valence-corrected chi connectivity index (χ1v) is 7.01. The summed E-state index contributed by atoms with van der Waals surface area (Å²) in [5.41, 5.74) is 0.714. The second-order valence-corrected chi connectivity index (χ2v) is 5.49. The predicted octanol–water partition coefficient (Wildman–Crippen LogP) is 2.81. The van der Waals surface area contributed by atoms with Crippen LogP contribution in [0.4, 0.5) is 0 Å². The maximum atomic E-state index is 6.14. The van der Waals surface area contributed by atoms with E-state index >= 15 is 0 Å². The molecule has 1 aliphatic rings. The molecular weight excluding hydrogens is 334 g/mol. The molecule has 2 aromatic rings. The van der Waals surface area contributed by atoms with Crippen molar-refractivity contribution in [2.45, 2.75) is 6.04 Å². The molecule has 1 atom stereocenters. The van der Waals surface area contributed by atoms with Gasteiger partial charge in [-0.15, -0.1) is 0 Å². The summed E-state index contributed by atoms with van der Waals surface area (Å²) in [5.74, 6) is 0.999. The predicted molar refractivity (Wildman–Crippen MR) is 74.0 cm³/mol. The van der Waals surface area contributed by atoms with E-state index in [1.807, 2.05) is 12.1 Å². The zero-order chi connectivity index (χ0) is 13.2. The van der Waals surface area contributed by atoms with Gasteiger partial charge in [0.25, 0.3) is 5.89 Å². The number of morpholine rings is 1. The molecule has 7 heteroatoms. The van der Waals surface area contributed by atoms with Gasteiger partial charge in [-0.1, -0.05) is 32.7 Å². The third-order valence-electron chi connectivity index (χ3n) is 2.83. The van der Waals surface area contributed by atoms with E-state index in [2.05, 4.69) is 31.4 Å². The van der Waals surface area contributed by atoms with Crippen molar-refractivity contribution in [2.24, 2.45) is 0 Å². The first-order valence-electron chi connectivity index (χ1n) is 5.84. The summed E-state index contributed by atoms with van der Waals surface area (Å²) in [7, 11) is 0. The highest BCUT2D eigenvalue weighted by atomic mass is 79.9. The van der Waals surface area contributed by atoms with Crippen LogP contribution in [0.1, 0.15) is 11.9 Å².